The van der Waals surface area contributed by atoms with Gasteiger partial charge in [0.1, 0.15) is 0 Å². The molecule has 0 unspecified atom stereocenters. The molecular formula is C15H20N4O3. The number of carbonyl (C=O) groups is 1. The molecule has 2 aromatic rings. The summed E-state index contributed by atoms with van der Waals surface area (Å²) in [6.07, 6.45) is 0. The van der Waals surface area contributed by atoms with Crippen LogP contribution in [-0.4, -0.2) is 30.0 Å². The monoisotopic (exact) mass is 304 g/mol. The van der Waals surface area contributed by atoms with Gasteiger partial charge in [-0.15, -0.1) is 0 Å². The first kappa shape index (κ1) is 15.7. The van der Waals surface area contributed by atoms with Crippen molar-refractivity contribution < 1.29 is 14.3 Å². The first-order valence-corrected chi connectivity index (χ1v) is 6.80. The second kappa shape index (κ2) is 6.84. The molecule has 0 spiro atoms. The second-order valence-corrected chi connectivity index (χ2v) is 4.78. The van der Waals surface area contributed by atoms with Crippen LogP contribution in [0.3, 0.4) is 0 Å². The molecule has 0 aliphatic heterocycles. The van der Waals surface area contributed by atoms with Gasteiger partial charge in [-0.05, 0) is 25.1 Å². The Morgan fingerprint density at radius 1 is 1.23 bits per heavy atom. The summed E-state index contributed by atoms with van der Waals surface area (Å²) >= 11 is 0. The summed E-state index contributed by atoms with van der Waals surface area (Å²) in [4.78, 5) is 11.9. The van der Waals surface area contributed by atoms with Crippen molar-refractivity contribution in [2.45, 2.75) is 13.5 Å². The van der Waals surface area contributed by atoms with Gasteiger partial charge in [-0.25, -0.2) is 4.79 Å². The second-order valence-electron chi connectivity index (χ2n) is 4.78. The van der Waals surface area contributed by atoms with Gasteiger partial charge >= 0.3 is 6.03 Å². The van der Waals surface area contributed by atoms with Crippen LogP contribution in [0.1, 0.15) is 11.4 Å². The van der Waals surface area contributed by atoms with E-state index in [0.29, 0.717) is 23.7 Å². The minimum absolute atomic E-state index is 0.310. The Balaban J connectivity index is 1.94. The third-order valence-electron chi connectivity index (χ3n) is 3.24. The van der Waals surface area contributed by atoms with Crippen molar-refractivity contribution in [3.05, 3.63) is 35.7 Å². The fraction of sp³-hybridized carbons (Fsp3) is 0.333. The van der Waals surface area contributed by atoms with Crippen LogP contribution in [-0.2, 0) is 13.6 Å². The number of hydrogen-bond acceptors (Lipinski definition) is 4. The average molecular weight is 304 g/mol. The molecule has 7 heteroatoms. The van der Waals surface area contributed by atoms with Crippen molar-refractivity contribution >= 4 is 11.7 Å². The summed E-state index contributed by atoms with van der Waals surface area (Å²) in [7, 11) is 4.97. The number of hydrogen-bond donors (Lipinski definition) is 2. The lowest BCUT2D eigenvalue weighted by molar-refractivity contribution is 0.251. The zero-order chi connectivity index (χ0) is 16.1. The number of ether oxygens (including phenoxy) is 2. The Morgan fingerprint density at radius 3 is 2.55 bits per heavy atom. The summed E-state index contributed by atoms with van der Waals surface area (Å²) in [5, 5.41) is 9.77. The van der Waals surface area contributed by atoms with E-state index < -0.39 is 0 Å². The Hall–Kier alpha value is -2.70. The van der Waals surface area contributed by atoms with E-state index in [1.807, 2.05) is 20.0 Å². The molecule has 0 aliphatic carbocycles. The number of amides is 2. The Labute approximate surface area is 129 Å². The van der Waals surface area contributed by atoms with Crippen LogP contribution in [0.4, 0.5) is 10.5 Å². The highest BCUT2D eigenvalue weighted by Gasteiger charge is 2.08. The Kier molecular flexibility index (Phi) is 4.88. The van der Waals surface area contributed by atoms with Crippen LogP contribution in [0.2, 0.25) is 0 Å². The van der Waals surface area contributed by atoms with E-state index in [4.69, 9.17) is 9.47 Å². The molecule has 0 saturated carbocycles. The first-order valence-electron chi connectivity index (χ1n) is 6.80. The predicted molar refractivity (Wildman–Crippen MR) is 83.3 cm³/mol. The van der Waals surface area contributed by atoms with E-state index in [2.05, 4.69) is 15.7 Å². The summed E-state index contributed by atoms with van der Waals surface area (Å²) in [6.45, 7) is 2.32. The molecule has 22 heavy (non-hydrogen) atoms. The topological polar surface area (TPSA) is 77.4 Å². The van der Waals surface area contributed by atoms with Crippen LogP contribution in [0.25, 0.3) is 0 Å². The van der Waals surface area contributed by atoms with E-state index >= 15 is 0 Å². The first-order chi connectivity index (χ1) is 10.5. The molecule has 0 atom stereocenters. The largest absolute Gasteiger partial charge is 0.493 e. The lowest BCUT2D eigenvalue weighted by Gasteiger charge is -2.11. The van der Waals surface area contributed by atoms with Crippen LogP contribution in [0.15, 0.2) is 24.3 Å². The number of methoxy groups -OCH3 is 2. The molecule has 0 bridgehead atoms. The van der Waals surface area contributed by atoms with Crippen molar-refractivity contribution in [2.75, 3.05) is 19.5 Å². The number of rotatable bonds is 5. The number of nitrogens with zero attached hydrogens (tertiary/aromatic N) is 2. The molecule has 1 heterocycles. The summed E-state index contributed by atoms with van der Waals surface area (Å²) in [5.74, 6) is 1.16. The van der Waals surface area contributed by atoms with Gasteiger partial charge in [-0.1, -0.05) is 0 Å². The Morgan fingerprint density at radius 2 is 1.95 bits per heavy atom. The molecular weight excluding hydrogens is 284 g/mol. The number of benzene rings is 1. The number of urea groups is 1. The highest BCUT2D eigenvalue weighted by Crippen LogP contribution is 2.29. The number of nitrogens with one attached hydrogen (secondary N) is 2. The van der Waals surface area contributed by atoms with Gasteiger partial charge in [-0.3, -0.25) is 4.68 Å². The third-order valence-corrected chi connectivity index (χ3v) is 3.24. The molecule has 2 rings (SSSR count). The molecule has 0 fully saturated rings. The average Bonchev–Trinajstić information content (AvgIpc) is 2.83. The van der Waals surface area contributed by atoms with Gasteiger partial charge in [0.05, 0.1) is 26.5 Å². The quantitative estimate of drug-likeness (QED) is 0.886. The van der Waals surface area contributed by atoms with Gasteiger partial charge in [-0.2, -0.15) is 5.10 Å². The lowest BCUT2D eigenvalue weighted by atomic mass is 10.3. The summed E-state index contributed by atoms with van der Waals surface area (Å²) < 4.78 is 12.1. The zero-order valence-corrected chi connectivity index (χ0v) is 13.1. The number of aromatic nitrogens is 2. The van der Waals surface area contributed by atoms with Crippen molar-refractivity contribution in [1.29, 1.82) is 0 Å². The smallest absolute Gasteiger partial charge is 0.319 e. The molecule has 1 aromatic carbocycles. The zero-order valence-electron chi connectivity index (χ0n) is 13.1. The maximum atomic E-state index is 11.9. The van der Waals surface area contributed by atoms with Gasteiger partial charge in [0, 0.05) is 24.5 Å². The van der Waals surface area contributed by atoms with Crippen molar-refractivity contribution in [3.63, 3.8) is 0 Å². The molecule has 0 radical (unpaired) electrons. The minimum Gasteiger partial charge on any atom is -0.493 e. The van der Waals surface area contributed by atoms with Crippen molar-refractivity contribution in [1.82, 2.24) is 15.1 Å². The fourth-order valence-electron chi connectivity index (χ4n) is 1.98. The predicted octanol–water partition coefficient (Wildman–Crippen LogP) is 2.07. The maximum absolute atomic E-state index is 11.9. The van der Waals surface area contributed by atoms with Gasteiger partial charge < -0.3 is 20.1 Å². The van der Waals surface area contributed by atoms with E-state index in [1.54, 1.807) is 37.1 Å². The van der Waals surface area contributed by atoms with Crippen molar-refractivity contribution in [3.8, 4) is 11.5 Å². The van der Waals surface area contributed by atoms with Crippen molar-refractivity contribution in [2.24, 2.45) is 7.05 Å². The van der Waals surface area contributed by atoms with E-state index in [-0.39, 0.29) is 6.03 Å². The molecule has 1 aromatic heterocycles. The van der Waals surface area contributed by atoms with Gasteiger partial charge in [0.25, 0.3) is 0 Å². The van der Waals surface area contributed by atoms with E-state index in [0.717, 1.165) is 11.4 Å². The third kappa shape index (κ3) is 3.69. The molecule has 0 aliphatic rings. The van der Waals surface area contributed by atoms with E-state index in [1.165, 1.54) is 0 Å². The van der Waals surface area contributed by atoms with E-state index in [9.17, 15) is 4.79 Å². The molecule has 2 amide bonds. The van der Waals surface area contributed by atoms with Gasteiger partial charge in [0.15, 0.2) is 11.5 Å². The van der Waals surface area contributed by atoms with Crippen LogP contribution in [0.5, 0.6) is 11.5 Å². The summed E-state index contributed by atoms with van der Waals surface area (Å²) in [5.41, 5.74) is 2.46. The lowest BCUT2D eigenvalue weighted by Crippen LogP contribution is -2.28. The van der Waals surface area contributed by atoms with Crippen LogP contribution in [0, 0.1) is 6.92 Å². The SMILES string of the molecule is COc1ccc(NC(=O)NCc2cc(C)n(C)n2)cc1OC. The highest BCUT2D eigenvalue weighted by molar-refractivity contribution is 5.89. The molecule has 0 saturated heterocycles. The fourth-order valence-corrected chi connectivity index (χ4v) is 1.98. The highest BCUT2D eigenvalue weighted by atomic mass is 16.5. The number of carbonyl (C=O) groups excluding carboxylic acids is 1. The number of anilines is 1. The molecule has 2 N–H and O–H groups in total. The Bertz CT molecular complexity index is 647. The van der Waals surface area contributed by atoms with Crippen LogP contribution >= 0.6 is 0 Å². The maximum Gasteiger partial charge on any atom is 0.319 e. The standard InChI is InChI=1S/C15H20N4O3/c1-10-7-12(18-19(10)2)9-16-15(20)17-11-5-6-13(21-3)14(8-11)22-4/h5-8H,9H2,1-4H3,(H2,16,17,20). The minimum atomic E-state index is -0.310. The summed E-state index contributed by atoms with van der Waals surface area (Å²) in [6, 6.07) is 6.79. The molecule has 118 valence electrons. The van der Waals surface area contributed by atoms with Gasteiger partial charge in [0.2, 0.25) is 0 Å². The van der Waals surface area contributed by atoms with Crippen LogP contribution < -0.4 is 20.1 Å². The normalized spacial score (nSPS) is 10.2. The molecule has 7 nitrogen and oxygen atoms in total. The number of aryl methyl sites for hydroxylation is 2.